The van der Waals surface area contributed by atoms with Gasteiger partial charge in [-0.1, -0.05) is 20.8 Å². The van der Waals surface area contributed by atoms with Gasteiger partial charge in [0.1, 0.15) is 0 Å². The number of hydrogen-bond donors (Lipinski definition) is 1. The fourth-order valence-electron chi connectivity index (χ4n) is 1.66. The van der Waals surface area contributed by atoms with Crippen molar-refractivity contribution in [1.29, 1.82) is 0 Å². The van der Waals surface area contributed by atoms with Crippen molar-refractivity contribution in [2.45, 2.75) is 40.3 Å². The number of hydrogen-bond acceptors (Lipinski definition) is 3. The molecule has 0 spiro atoms. The highest BCUT2D eigenvalue weighted by Gasteiger charge is 2.04. The van der Waals surface area contributed by atoms with Crippen LogP contribution in [0.4, 0.5) is 0 Å². The molecule has 1 aromatic rings. The van der Waals surface area contributed by atoms with Crippen LogP contribution >= 0.6 is 11.3 Å². The molecule has 0 amide bonds. The third kappa shape index (κ3) is 4.64. The lowest BCUT2D eigenvalue weighted by atomic mass is 10.4. The standard InChI is InChI=1S/C13H24N2S/c1-4-9-14-10-12-7-8-13(16-12)11-15(5-2)6-3/h7-8,14H,4-6,9-11H2,1-3H3. The first-order valence-corrected chi connectivity index (χ1v) is 7.12. The van der Waals surface area contributed by atoms with Gasteiger partial charge in [0.15, 0.2) is 0 Å². The molecule has 1 rings (SSSR count). The van der Waals surface area contributed by atoms with Crippen molar-refractivity contribution >= 4 is 11.3 Å². The fraction of sp³-hybridized carbons (Fsp3) is 0.692. The summed E-state index contributed by atoms with van der Waals surface area (Å²) in [5, 5.41) is 3.44. The molecule has 1 heterocycles. The summed E-state index contributed by atoms with van der Waals surface area (Å²) >= 11 is 1.94. The molecule has 0 aliphatic rings. The predicted molar refractivity (Wildman–Crippen MR) is 72.9 cm³/mol. The molecule has 0 unspecified atom stereocenters. The Balaban J connectivity index is 2.38. The van der Waals surface area contributed by atoms with Crippen LogP contribution in [0.1, 0.15) is 36.9 Å². The van der Waals surface area contributed by atoms with Gasteiger partial charge in [0.2, 0.25) is 0 Å². The topological polar surface area (TPSA) is 15.3 Å². The van der Waals surface area contributed by atoms with Crippen molar-refractivity contribution in [2.75, 3.05) is 19.6 Å². The van der Waals surface area contributed by atoms with Gasteiger partial charge >= 0.3 is 0 Å². The second-order valence-corrected chi connectivity index (χ2v) is 5.26. The van der Waals surface area contributed by atoms with E-state index in [2.05, 4.69) is 43.1 Å². The monoisotopic (exact) mass is 240 g/mol. The Kier molecular flexibility index (Phi) is 6.69. The van der Waals surface area contributed by atoms with Crippen LogP contribution in [0, 0.1) is 0 Å². The van der Waals surface area contributed by atoms with E-state index in [-0.39, 0.29) is 0 Å². The Morgan fingerprint density at radius 1 is 1.12 bits per heavy atom. The molecular weight excluding hydrogens is 216 g/mol. The van der Waals surface area contributed by atoms with E-state index >= 15 is 0 Å². The number of rotatable bonds is 8. The summed E-state index contributed by atoms with van der Waals surface area (Å²) in [4.78, 5) is 5.39. The molecule has 1 aromatic heterocycles. The van der Waals surface area contributed by atoms with Crippen LogP contribution in [0.25, 0.3) is 0 Å². The zero-order valence-corrected chi connectivity index (χ0v) is 11.6. The predicted octanol–water partition coefficient (Wildman–Crippen LogP) is 3.09. The van der Waals surface area contributed by atoms with Crippen molar-refractivity contribution < 1.29 is 0 Å². The molecule has 0 saturated carbocycles. The highest BCUT2D eigenvalue weighted by molar-refractivity contribution is 7.11. The molecule has 92 valence electrons. The average Bonchev–Trinajstić information content (AvgIpc) is 2.74. The lowest BCUT2D eigenvalue weighted by molar-refractivity contribution is 0.298. The first kappa shape index (κ1) is 13.7. The molecule has 2 nitrogen and oxygen atoms in total. The Hall–Kier alpha value is -0.380. The molecule has 3 heteroatoms. The summed E-state index contributed by atoms with van der Waals surface area (Å²) in [6, 6.07) is 4.53. The van der Waals surface area contributed by atoms with Gasteiger partial charge in [-0.3, -0.25) is 4.90 Å². The number of nitrogens with zero attached hydrogens (tertiary/aromatic N) is 1. The molecule has 1 N–H and O–H groups in total. The van der Waals surface area contributed by atoms with Crippen LogP contribution in [0.15, 0.2) is 12.1 Å². The summed E-state index contributed by atoms with van der Waals surface area (Å²) in [6.07, 6.45) is 1.21. The molecule has 0 aliphatic carbocycles. The maximum Gasteiger partial charge on any atom is 0.0327 e. The van der Waals surface area contributed by atoms with E-state index in [1.807, 2.05) is 11.3 Å². The van der Waals surface area contributed by atoms with Crippen LogP contribution in [0.2, 0.25) is 0 Å². The van der Waals surface area contributed by atoms with E-state index in [0.717, 1.165) is 32.7 Å². The highest BCUT2D eigenvalue weighted by Crippen LogP contribution is 2.18. The minimum Gasteiger partial charge on any atom is -0.312 e. The Morgan fingerprint density at radius 2 is 1.81 bits per heavy atom. The maximum absolute atomic E-state index is 3.44. The van der Waals surface area contributed by atoms with Gasteiger partial charge in [0.05, 0.1) is 0 Å². The molecule has 0 radical (unpaired) electrons. The van der Waals surface area contributed by atoms with Gasteiger partial charge < -0.3 is 5.32 Å². The molecule has 0 aliphatic heterocycles. The van der Waals surface area contributed by atoms with Gasteiger partial charge in [0.25, 0.3) is 0 Å². The Morgan fingerprint density at radius 3 is 2.44 bits per heavy atom. The smallest absolute Gasteiger partial charge is 0.0327 e. The van der Waals surface area contributed by atoms with Gasteiger partial charge in [-0.25, -0.2) is 0 Å². The average molecular weight is 240 g/mol. The number of nitrogens with one attached hydrogen (secondary N) is 1. The first-order chi connectivity index (χ1) is 7.80. The van der Waals surface area contributed by atoms with Crippen molar-refractivity contribution in [2.24, 2.45) is 0 Å². The number of thiophene rings is 1. The Bertz CT molecular complexity index is 279. The summed E-state index contributed by atoms with van der Waals surface area (Å²) < 4.78 is 0. The molecule has 0 bridgehead atoms. The first-order valence-electron chi connectivity index (χ1n) is 6.30. The third-order valence-corrected chi connectivity index (χ3v) is 3.79. The molecule has 16 heavy (non-hydrogen) atoms. The van der Waals surface area contributed by atoms with Crippen LogP contribution in [0.3, 0.4) is 0 Å². The van der Waals surface area contributed by atoms with Crippen molar-refractivity contribution in [3.63, 3.8) is 0 Å². The van der Waals surface area contributed by atoms with Gasteiger partial charge in [-0.2, -0.15) is 0 Å². The van der Waals surface area contributed by atoms with Crippen molar-refractivity contribution in [1.82, 2.24) is 10.2 Å². The van der Waals surface area contributed by atoms with Crippen molar-refractivity contribution in [3.05, 3.63) is 21.9 Å². The molecule has 0 aromatic carbocycles. The van der Waals surface area contributed by atoms with Gasteiger partial charge in [-0.05, 0) is 38.2 Å². The van der Waals surface area contributed by atoms with Gasteiger partial charge in [-0.15, -0.1) is 11.3 Å². The van der Waals surface area contributed by atoms with E-state index < -0.39 is 0 Å². The lowest BCUT2D eigenvalue weighted by Gasteiger charge is -2.16. The van der Waals surface area contributed by atoms with E-state index in [9.17, 15) is 0 Å². The van der Waals surface area contributed by atoms with Gasteiger partial charge in [0, 0.05) is 22.8 Å². The Labute approximate surface area is 104 Å². The minimum atomic E-state index is 1.02. The second-order valence-electron chi connectivity index (χ2n) is 4.01. The molecule has 0 fully saturated rings. The van der Waals surface area contributed by atoms with Crippen LogP contribution < -0.4 is 5.32 Å². The summed E-state index contributed by atoms with van der Waals surface area (Å²) in [5.74, 6) is 0. The molecule has 0 saturated heterocycles. The third-order valence-electron chi connectivity index (χ3n) is 2.72. The van der Waals surface area contributed by atoms with Crippen LogP contribution in [-0.4, -0.2) is 24.5 Å². The second kappa shape index (κ2) is 7.82. The van der Waals surface area contributed by atoms with E-state index in [1.54, 1.807) is 0 Å². The van der Waals surface area contributed by atoms with E-state index in [4.69, 9.17) is 0 Å². The van der Waals surface area contributed by atoms with Crippen LogP contribution in [0.5, 0.6) is 0 Å². The normalized spacial score (nSPS) is 11.2. The minimum absolute atomic E-state index is 1.02. The molecular formula is C13H24N2S. The van der Waals surface area contributed by atoms with E-state index in [1.165, 1.54) is 16.2 Å². The summed E-state index contributed by atoms with van der Waals surface area (Å²) in [6.45, 7) is 12.2. The lowest BCUT2D eigenvalue weighted by Crippen LogP contribution is -2.21. The highest BCUT2D eigenvalue weighted by atomic mass is 32.1. The molecule has 0 atom stereocenters. The SMILES string of the molecule is CCCNCc1ccc(CN(CC)CC)s1. The quantitative estimate of drug-likeness (QED) is 0.703. The summed E-state index contributed by atoms with van der Waals surface area (Å²) in [7, 11) is 0. The largest absolute Gasteiger partial charge is 0.312 e. The zero-order chi connectivity index (χ0) is 11.8. The summed E-state index contributed by atoms with van der Waals surface area (Å²) in [5.41, 5.74) is 0. The zero-order valence-electron chi connectivity index (χ0n) is 10.8. The van der Waals surface area contributed by atoms with Crippen LogP contribution in [-0.2, 0) is 13.1 Å². The van der Waals surface area contributed by atoms with Crippen molar-refractivity contribution in [3.8, 4) is 0 Å². The maximum atomic E-state index is 3.44. The fourth-order valence-corrected chi connectivity index (χ4v) is 2.69. The van der Waals surface area contributed by atoms with E-state index in [0.29, 0.717) is 0 Å².